The minimum atomic E-state index is -1.06. The van der Waals surface area contributed by atoms with Crippen LogP contribution in [0.2, 0.25) is 0 Å². The standard InChI is InChI=1S/C22H21N.C20H23F2N3O5/c1-15-13-20-19-10-6-5-9-17(19)14-21(20)22(23)18(15)12-11-16-7-3-2-4-8-16;1-10(11(2)26)25-6-5-16(14(9-25)20(28)29)23-19(27)17-8-18(30-24-17)13-4-3-12(21)7-15(13)22/h2-10,13H,11-12,14,23H2,1H3;3-4,7-8,10-11,14,16,26H,5-6,9H2,1-2H3,(H,23,27)(H,28,29)/t;10-,11+,14-,16-/m.1/s1. The summed E-state index contributed by atoms with van der Waals surface area (Å²) in [6.07, 6.45) is 2.77. The number of halogens is 2. The number of aromatic nitrogens is 1. The number of hydrogen-bond donors (Lipinski definition) is 4. The van der Waals surface area contributed by atoms with Gasteiger partial charge in [0, 0.05) is 49.4 Å². The molecule has 5 aromatic rings. The zero-order chi connectivity index (χ0) is 37.8. The van der Waals surface area contributed by atoms with E-state index in [1.165, 1.54) is 51.1 Å². The van der Waals surface area contributed by atoms with Gasteiger partial charge in [-0.2, -0.15) is 0 Å². The zero-order valence-electron chi connectivity index (χ0n) is 30.0. The molecule has 11 heteroatoms. The van der Waals surface area contributed by atoms with Crippen LogP contribution < -0.4 is 11.1 Å². The fourth-order valence-electron chi connectivity index (χ4n) is 7.25. The number of hydrogen-bond acceptors (Lipinski definition) is 7. The maximum absolute atomic E-state index is 13.9. The van der Waals surface area contributed by atoms with Crippen molar-refractivity contribution in [2.24, 2.45) is 5.92 Å². The second-order valence-electron chi connectivity index (χ2n) is 13.9. The summed E-state index contributed by atoms with van der Waals surface area (Å²) in [5, 5.41) is 25.6. The van der Waals surface area contributed by atoms with Crippen LogP contribution in [0.3, 0.4) is 0 Å². The second-order valence-corrected chi connectivity index (χ2v) is 13.9. The highest BCUT2D eigenvalue weighted by Gasteiger charge is 2.38. The Kier molecular flexibility index (Phi) is 11.4. The van der Waals surface area contributed by atoms with Crippen molar-refractivity contribution < 1.29 is 33.1 Å². The number of aliphatic carboxylic acids is 1. The van der Waals surface area contributed by atoms with Crippen molar-refractivity contribution in [3.63, 3.8) is 0 Å². The van der Waals surface area contributed by atoms with Gasteiger partial charge in [-0.15, -0.1) is 0 Å². The fraction of sp³-hybridized carbons (Fsp3) is 0.310. The lowest BCUT2D eigenvalue weighted by molar-refractivity contribution is -0.145. The molecule has 1 saturated heterocycles. The first-order valence-corrected chi connectivity index (χ1v) is 17.8. The SMILES string of the molecule is C[C@H](O)[C@@H](C)N1CC[C@@H](NC(=O)c2cc(-c3ccc(F)cc3F)on2)[C@H](C(=O)O)C1.Cc1cc2c(c(N)c1CCc1ccccc1)Cc1ccccc1-2. The Morgan fingerprint density at radius 2 is 1.72 bits per heavy atom. The number of rotatable bonds is 9. The van der Waals surface area contributed by atoms with Crippen molar-refractivity contribution in [2.75, 3.05) is 18.8 Å². The number of carbonyl (C=O) groups is 2. The van der Waals surface area contributed by atoms with E-state index in [9.17, 15) is 28.6 Å². The van der Waals surface area contributed by atoms with Crippen LogP contribution in [0.1, 0.15) is 58.6 Å². The molecule has 7 rings (SSSR count). The average molecular weight is 723 g/mol. The van der Waals surface area contributed by atoms with E-state index >= 15 is 0 Å². The maximum Gasteiger partial charge on any atom is 0.309 e. The Bertz CT molecular complexity index is 2100. The van der Waals surface area contributed by atoms with Crippen LogP contribution in [-0.4, -0.2) is 63.4 Å². The predicted octanol–water partition coefficient (Wildman–Crippen LogP) is 6.83. The van der Waals surface area contributed by atoms with Crippen molar-refractivity contribution in [1.82, 2.24) is 15.4 Å². The number of aliphatic hydroxyl groups is 1. The van der Waals surface area contributed by atoms with Crippen LogP contribution in [0, 0.1) is 24.5 Å². The first-order chi connectivity index (χ1) is 25.4. The van der Waals surface area contributed by atoms with Gasteiger partial charge in [-0.25, -0.2) is 8.78 Å². The van der Waals surface area contributed by atoms with Crippen molar-refractivity contribution >= 4 is 17.6 Å². The monoisotopic (exact) mass is 722 g/mol. The number of carboxylic acid groups (broad SMARTS) is 1. The number of nitrogens with one attached hydrogen (secondary N) is 1. The number of aryl methyl sites for hydroxylation is 2. The number of piperidine rings is 1. The molecular formula is C42H44F2N4O5. The summed E-state index contributed by atoms with van der Waals surface area (Å²) in [5.74, 6) is -4.23. The topological polar surface area (TPSA) is 142 Å². The highest BCUT2D eigenvalue weighted by atomic mass is 19.1. The third-order valence-corrected chi connectivity index (χ3v) is 10.5. The molecule has 1 aromatic heterocycles. The highest BCUT2D eigenvalue weighted by Crippen LogP contribution is 2.42. The molecule has 9 nitrogen and oxygen atoms in total. The van der Waals surface area contributed by atoms with E-state index in [4.69, 9.17) is 10.3 Å². The zero-order valence-corrected chi connectivity index (χ0v) is 30.0. The Morgan fingerprint density at radius 3 is 2.43 bits per heavy atom. The number of nitrogens with two attached hydrogens (primary N) is 1. The van der Waals surface area contributed by atoms with Crippen molar-refractivity contribution in [1.29, 1.82) is 0 Å². The quantitative estimate of drug-likeness (QED) is 0.119. The molecular weight excluding hydrogens is 678 g/mol. The number of carboxylic acids is 1. The molecule has 1 amide bonds. The minimum absolute atomic E-state index is 0.0481. The van der Waals surface area contributed by atoms with Gasteiger partial charge in [0.1, 0.15) is 11.6 Å². The number of nitrogen functional groups attached to an aromatic ring is 1. The van der Waals surface area contributed by atoms with Crippen molar-refractivity contribution in [3.8, 4) is 22.5 Å². The van der Waals surface area contributed by atoms with E-state index in [0.717, 1.165) is 31.0 Å². The summed E-state index contributed by atoms with van der Waals surface area (Å²) in [6.45, 7) is 6.33. The molecule has 2 aliphatic rings. The third-order valence-electron chi connectivity index (χ3n) is 10.5. The highest BCUT2D eigenvalue weighted by molar-refractivity contribution is 5.93. The molecule has 53 heavy (non-hydrogen) atoms. The summed E-state index contributed by atoms with van der Waals surface area (Å²) in [4.78, 5) is 26.2. The lowest BCUT2D eigenvalue weighted by Crippen LogP contribution is -2.56. The van der Waals surface area contributed by atoms with Gasteiger partial charge in [0.15, 0.2) is 11.5 Å². The molecule has 0 radical (unpaired) electrons. The van der Waals surface area contributed by atoms with Gasteiger partial charge in [-0.05, 0) is 91.1 Å². The van der Waals surface area contributed by atoms with E-state index in [1.807, 2.05) is 11.8 Å². The van der Waals surface area contributed by atoms with Crippen LogP contribution in [-0.2, 0) is 24.1 Å². The largest absolute Gasteiger partial charge is 0.481 e. The molecule has 1 aliphatic carbocycles. The number of aliphatic hydroxyl groups excluding tert-OH is 1. The molecule has 2 heterocycles. The molecule has 1 fully saturated rings. The number of carbonyl (C=O) groups excluding carboxylic acids is 1. The minimum Gasteiger partial charge on any atom is -0.481 e. The first-order valence-electron chi connectivity index (χ1n) is 17.8. The van der Waals surface area contributed by atoms with Gasteiger partial charge in [-0.1, -0.05) is 65.8 Å². The number of fused-ring (bicyclic) bond motifs is 3. The van der Waals surface area contributed by atoms with Gasteiger partial charge in [0.25, 0.3) is 5.91 Å². The Labute approximate surface area is 307 Å². The maximum atomic E-state index is 13.9. The van der Waals surface area contributed by atoms with Crippen LogP contribution in [0.25, 0.3) is 22.5 Å². The molecule has 4 aromatic carbocycles. The molecule has 4 atom stereocenters. The lowest BCUT2D eigenvalue weighted by Gasteiger charge is -2.40. The van der Waals surface area contributed by atoms with E-state index in [2.05, 4.69) is 78.1 Å². The van der Waals surface area contributed by atoms with Gasteiger partial charge in [-0.3, -0.25) is 14.5 Å². The van der Waals surface area contributed by atoms with Crippen LogP contribution in [0.15, 0.2) is 89.5 Å². The van der Waals surface area contributed by atoms with E-state index in [-0.39, 0.29) is 29.6 Å². The van der Waals surface area contributed by atoms with E-state index < -0.39 is 41.6 Å². The Hall–Kier alpha value is -5.39. The second kappa shape index (κ2) is 16.1. The average Bonchev–Trinajstić information content (AvgIpc) is 3.78. The Balaban J connectivity index is 0.000000187. The number of anilines is 1. The smallest absolute Gasteiger partial charge is 0.309 e. The molecule has 0 bridgehead atoms. The Morgan fingerprint density at radius 1 is 0.981 bits per heavy atom. The van der Waals surface area contributed by atoms with Crippen LogP contribution in [0.5, 0.6) is 0 Å². The molecule has 1 aliphatic heterocycles. The van der Waals surface area contributed by atoms with Gasteiger partial charge < -0.3 is 25.8 Å². The third kappa shape index (κ3) is 8.32. The predicted molar refractivity (Wildman–Crippen MR) is 199 cm³/mol. The van der Waals surface area contributed by atoms with Crippen LogP contribution in [0.4, 0.5) is 14.5 Å². The summed E-state index contributed by atoms with van der Waals surface area (Å²) in [7, 11) is 0. The normalized spacial score (nSPS) is 17.5. The molecule has 0 unspecified atom stereocenters. The molecule has 0 spiro atoms. The summed E-state index contributed by atoms with van der Waals surface area (Å²) in [6, 6.07) is 24.9. The number of nitrogens with zero attached hydrogens (tertiary/aromatic N) is 2. The lowest BCUT2D eigenvalue weighted by atomic mass is 9.90. The first kappa shape index (κ1) is 37.4. The molecule has 5 N–H and O–H groups in total. The number of benzene rings is 4. The molecule has 0 saturated carbocycles. The van der Waals surface area contributed by atoms with E-state index in [0.29, 0.717) is 19.0 Å². The van der Waals surface area contributed by atoms with Crippen molar-refractivity contribution in [3.05, 3.63) is 130 Å². The fourth-order valence-corrected chi connectivity index (χ4v) is 7.25. The van der Waals surface area contributed by atoms with Crippen molar-refractivity contribution in [2.45, 2.75) is 64.6 Å². The van der Waals surface area contributed by atoms with E-state index in [1.54, 1.807) is 6.92 Å². The van der Waals surface area contributed by atoms with Crippen LogP contribution >= 0.6 is 0 Å². The van der Waals surface area contributed by atoms with Gasteiger partial charge in [0.2, 0.25) is 0 Å². The summed E-state index contributed by atoms with van der Waals surface area (Å²) in [5.41, 5.74) is 16.8. The number of amides is 1. The summed E-state index contributed by atoms with van der Waals surface area (Å²) >= 11 is 0. The number of likely N-dealkylation sites (tertiary alicyclic amines) is 1. The summed E-state index contributed by atoms with van der Waals surface area (Å²) < 4.78 is 32.0. The van der Waals surface area contributed by atoms with Gasteiger partial charge >= 0.3 is 5.97 Å². The van der Waals surface area contributed by atoms with Gasteiger partial charge in [0.05, 0.1) is 17.6 Å². The molecule has 276 valence electrons.